The highest BCUT2D eigenvalue weighted by Gasteiger charge is 2.24. The largest absolute Gasteiger partial charge is 0.497 e. The third kappa shape index (κ3) is 6.28. The molecule has 0 bridgehead atoms. The summed E-state index contributed by atoms with van der Waals surface area (Å²) in [7, 11) is 1.55. The monoisotopic (exact) mass is 335 g/mol. The molecule has 0 saturated carbocycles. The van der Waals surface area contributed by atoms with Crippen molar-refractivity contribution >= 4 is 17.7 Å². The Morgan fingerprint density at radius 1 is 1.04 bits per heavy atom. The summed E-state index contributed by atoms with van der Waals surface area (Å²) in [5.74, 6) is -0.182. The topological polar surface area (TPSA) is 96.5 Å². The van der Waals surface area contributed by atoms with E-state index in [9.17, 15) is 14.4 Å². The first-order chi connectivity index (χ1) is 11.3. The van der Waals surface area contributed by atoms with E-state index >= 15 is 0 Å². The lowest BCUT2D eigenvalue weighted by molar-refractivity contribution is -0.124. The van der Waals surface area contributed by atoms with Crippen molar-refractivity contribution in [3.8, 4) is 5.75 Å². The van der Waals surface area contributed by atoms with Crippen molar-refractivity contribution in [2.45, 2.75) is 26.8 Å². The lowest BCUT2D eigenvalue weighted by atomic mass is 10.0. The van der Waals surface area contributed by atoms with Gasteiger partial charge in [-0.25, -0.2) is 0 Å². The van der Waals surface area contributed by atoms with E-state index in [0.717, 1.165) is 0 Å². The van der Waals surface area contributed by atoms with Gasteiger partial charge in [-0.15, -0.1) is 0 Å². The first-order valence-electron chi connectivity index (χ1n) is 7.82. The molecule has 1 rings (SSSR count). The van der Waals surface area contributed by atoms with E-state index in [1.54, 1.807) is 31.4 Å². The van der Waals surface area contributed by atoms with Gasteiger partial charge in [-0.3, -0.25) is 14.4 Å². The Kier molecular flexibility index (Phi) is 7.74. The Balaban J connectivity index is 2.62. The van der Waals surface area contributed by atoms with Crippen LogP contribution < -0.4 is 20.7 Å². The molecule has 24 heavy (non-hydrogen) atoms. The lowest BCUT2D eigenvalue weighted by Gasteiger charge is -2.22. The molecule has 1 aromatic carbocycles. The lowest BCUT2D eigenvalue weighted by Crippen LogP contribution is -2.50. The van der Waals surface area contributed by atoms with Gasteiger partial charge in [0.2, 0.25) is 11.8 Å². The number of hydrogen-bond donors (Lipinski definition) is 3. The fraction of sp³-hybridized carbons (Fsp3) is 0.471. The summed E-state index contributed by atoms with van der Waals surface area (Å²) in [6.07, 6.45) is 0. The highest BCUT2D eigenvalue weighted by Crippen LogP contribution is 2.12. The van der Waals surface area contributed by atoms with E-state index in [-0.39, 0.29) is 23.6 Å². The summed E-state index contributed by atoms with van der Waals surface area (Å²) in [5.41, 5.74) is 0.451. The van der Waals surface area contributed by atoms with E-state index < -0.39 is 6.04 Å². The maximum absolute atomic E-state index is 12.3. The summed E-state index contributed by atoms with van der Waals surface area (Å²) < 4.78 is 5.05. The van der Waals surface area contributed by atoms with Crippen molar-refractivity contribution in [3.63, 3.8) is 0 Å². The molecule has 0 radical (unpaired) electrons. The van der Waals surface area contributed by atoms with Gasteiger partial charge in [0.15, 0.2) is 0 Å². The summed E-state index contributed by atoms with van der Waals surface area (Å²) in [5, 5.41) is 8.04. The summed E-state index contributed by atoms with van der Waals surface area (Å²) in [4.78, 5) is 35.3. The Labute approximate surface area is 142 Å². The van der Waals surface area contributed by atoms with Crippen molar-refractivity contribution in [2.75, 3.05) is 20.2 Å². The maximum atomic E-state index is 12.3. The average molecular weight is 335 g/mol. The molecule has 0 spiro atoms. The molecule has 1 atom stereocenters. The molecule has 0 unspecified atom stereocenters. The zero-order valence-corrected chi connectivity index (χ0v) is 14.5. The highest BCUT2D eigenvalue weighted by atomic mass is 16.5. The molecule has 132 valence electrons. The van der Waals surface area contributed by atoms with Crippen molar-refractivity contribution in [1.82, 2.24) is 16.0 Å². The van der Waals surface area contributed by atoms with Crippen LogP contribution in [0.5, 0.6) is 5.75 Å². The molecule has 7 heteroatoms. The Morgan fingerprint density at radius 3 is 2.12 bits per heavy atom. The standard InChI is InChI=1S/C17H25N3O4/c1-11(2)15(17(23)19-10-9-18-12(3)21)20-16(22)13-5-7-14(24-4)8-6-13/h5-8,11,15H,9-10H2,1-4H3,(H,18,21)(H,19,23)(H,20,22)/t15-/m1/s1. The number of ether oxygens (including phenoxy) is 1. The molecule has 3 amide bonds. The van der Waals surface area contributed by atoms with Crippen LogP contribution in [-0.2, 0) is 9.59 Å². The number of nitrogens with one attached hydrogen (secondary N) is 3. The number of amides is 3. The zero-order valence-electron chi connectivity index (χ0n) is 14.5. The maximum Gasteiger partial charge on any atom is 0.251 e. The molecular formula is C17H25N3O4. The van der Waals surface area contributed by atoms with Crippen LogP contribution >= 0.6 is 0 Å². The summed E-state index contributed by atoms with van der Waals surface area (Å²) in [6.45, 7) is 5.77. The number of benzene rings is 1. The minimum absolute atomic E-state index is 0.0760. The van der Waals surface area contributed by atoms with E-state index in [1.165, 1.54) is 6.92 Å². The second-order valence-corrected chi connectivity index (χ2v) is 5.70. The van der Waals surface area contributed by atoms with Crippen LogP contribution in [-0.4, -0.2) is 44.0 Å². The molecule has 0 heterocycles. The van der Waals surface area contributed by atoms with Crippen LogP contribution in [0.15, 0.2) is 24.3 Å². The van der Waals surface area contributed by atoms with Crippen molar-refractivity contribution in [3.05, 3.63) is 29.8 Å². The van der Waals surface area contributed by atoms with Crippen molar-refractivity contribution < 1.29 is 19.1 Å². The van der Waals surface area contributed by atoms with Crippen LogP contribution in [0.3, 0.4) is 0 Å². The van der Waals surface area contributed by atoms with Crippen LogP contribution in [0, 0.1) is 5.92 Å². The second kappa shape index (κ2) is 9.54. The van der Waals surface area contributed by atoms with Crippen molar-refractivity contribution in [1.29, 1.82) is 0 Å². The molecule has 0 aliphatic heterocycles. The number of rotatable bonds is 8. The zero-order chi connectivity index (χ0) is 18.1. The van der Waals surface area contributed by atoms with Crippen LogP contribution in [0.1, 0.15) is 31.1 Å². The summed E-state index contributed by atoms with van der Waals surface area (Å²) in [6, 6.07) is 6.00. The number of carbonyl (C=O) groups is 3. The van der Waals surface area contributed by atoms with Crippen molar-refractivity contribution in [2.24, 2.45) is 5.92 Å². The van der Waals surface area contributed by atoms with Gasteiger partial charge in [-0.05, 0) is 30.2 Å². The quantitative estimate of drug-likeness (QED) is 0.609. The van der Waals surface area contributed by atoms with Gasteiger partial charge in [-0.1, -0.05) is 13.8 Å². The van der Waals surface area contributed by atoms with Crippen LogP contribution in [0.25, 0.3) is 0 Å². The first-order valence-corrected chi connectivity index (χ1v) is 7.82. The van der Waals surface area contributed by atoms with Gasteiger partial charge in [0.05, 0.1) is 7.11 Å². The smallest absolute Gasteiger partial charge is 0.251 e. The minimum atomic E-state index is -0.656. The molecule has 7 nitrogen and oxygen atoms in total. The number of methoxy groups -OCH3 is 1. The van der Waals surface area contributed by atoms with E-state index in [2.05, 4.69) is 16.0 Å². The molecule has 1 aromatic rings. The Hall–Kier alpha value is -2.57. The molecule has 3 N–H and O–H groups in total. The third-order valence-corrected chi connectivity index (χ3v) is 3.39. The molecular weight excluding hydrogens is 310 g/mol. The van der Waals surface area contributed by atoms with Crippen LogP contribution in [0.2, 0.25) is 0 Å². The van der Waals surface area contributed by atoms with Gasteiger partial charge < -0.3 is 20.7 Å². The minimum Gasteiger partial charge on any atom is -0.497 e. The Bertz CT molecular complexity index is 570. The van der Waals surface area contributed by atoms with E-state index in [1.807, 2.05) is 13.8 Å². The highest BCUT2D eigenvalue weighted by molar-refractivity contribution is 5.97. The third-order valence-electron chi connectivity index (χ3n) is 3.39. The average Bonchev–Trinajstić information content (AvgIpc) is 2.55. The SMILES string of the molecule is COc1ccc(C(=O)N[C@@H](C(=O)NCCNC(C)=O)C(C)C)cc1. The summed E-state index contributed by atoms with van der Waals surface area (Å²) >= 11 is 0. The fourth-order valence-electron chi connectivity index (χ4n) is 2.04. The predicted octanol–water partition coefficient (Wildman–Crippen LogP) is 0.702. The normalized spacial score (nSPS) is 11.5. The molecule has 0 aliphatic carbocycles. The predicted molar refractivity (Wildman–Crippen MR) is 90.8 cm³/mol. The van der Waals surface area contributed by atoms with Gasteiger partial charge >= 0.3 is 0 Å². The fourth-order valence-corrected chi connectivity index (χ4v) is 2.04. The van der Waals surface area contributed by atoms with E-state index in [0.29, 0.717) is 24.4 Å². The van der Waals surface area contributed by atoms with E-state index in [4.69, 9.17) is 4.74 Å². The number of hydrogen-bond acceptors (Lipinski definition) is 4. The molecule has 0 aromatic heterocycles. The molecule has 0 fully saturated rings. The van der Waals surface area contributed by atoms with Gasteiger partial charge in [0, 0.05) is 25.6 Å². The molecule has 0 saturated heterocycles. The van der Waals surface area contributed by atoms with Gasteiger partial charge in [0.25, 0.3) is 5.91 Å². The second-order valence-electron chi connectivity index (χ2n) is 5.70. The Morgan fingerprint density at radius 2 is 1.62 bits per heavy atom. The number of carbonyl (C=O) groups excluding carboxylic acids is 3. The molecule has 0 aliphatic rings. The van der Waals surface area contributed by atoms with Crippen LogP contribution in [0.4, 0.5) is 0 Å². The van der Waals surface area contributed by atoms with Gasteiger partial charge in [-0.2, -0.15) is 0 Å². The first kappa shape index (κ1) is 19.5. The van der Waals surface area contributed by atoms with Gasteiger partial charge in [0.1, 0.15) is 11.8 Å².